The number of ether oxygens (including phenoxy) is 2. The van der Waals surface area contributed by atoms with Crippen LogP contribution in [-0.4, -0.2) is 49.9 Å². The molecule has 9 heteroatoms. The number of allylic oxidation sites excluding steroid dienone is 14. The number of carbonyl (C=O) groups is 1. The smallest absolute Gasteiger partial charge is 0.457 e. The summed E-state index contributed by atoms with van der Waals surface area (Å²) in [6, 6.07) is 0. The van der Waals surface area contributed by atoms with Gasteiger partial charge in [-0.05, 0) is 89.9 Å². The highest BCUT2D eigenvalue weighted by Gasteiger charge is 2.25. The van der Waals surface area contributed by atoms with Gasteiger partial charge in [0.05, 0.1) is 19.8 Å². The van der Waals surface area contributed by atoms with Crippen molar-refractivity contribution in [2.45, 2.75) is 225 Å². The standard InChI is InChI=1S/C55H98NO7P/c1-3-5-7-9-11-13-15-17-19-21-23-25-26-27-29-31-33-35-37-39-41-43-45-47-50-60-52-54(53-62-64(58,59)61-51-49-56)63-55(57)48-46-44-42-40-38-36-34-32-30-28-24-22-20-18-16-14-12-10-8-6-4-2/h6,8,12,14-15,17-18,20-21,23-24,28,32,34,54H,3-5,7,9-11,13,16,19,22,25-27,29-31,33,35-53,56H2,1-2H3,(H,58,59)/b8-6-,14-12-,17-15-,20-18-,23-21-,28-24-,34-32-. The fourth-order valence-corrected chi connectivity index (χ4v) is 7.76. The van der Waals surface area contributed by atoms with Gasteiger partial charge in [-0.15, -0.1) is 0 Å². The van der Waals surface area contributed by atoms with Crippen molar-refractivity contribution in [1.82, 2.24) is 0 Å². The van der Waals surface area contributed by atoms with Crippen LogP contribution in [0, 0.1) is 0 Å². The van der Waals surface area contributed by atoms with Crippen LogP contribution in [0.25, 0.3) is 0 Å². The SMILES string of the molecule is CC/C=C\C/C=C\C/C=C\C/C=C\C/C=C\CCCCCCCC(=O)OC(COCCCCCCCCCCCCCC/C=C\C/C=C\CCCCCCC)COP(=O)(O)OCCN. The molecule has 0 amide bonds. The molecule has 0 saturated heterocycles. The van der Waals surface area contributed by atoms with Crippen molar-refractivity contribution in [2.24, 2.45) is 5.73 Å². The zero-order valence-corrected chi connectivity index (χ0v) is 42.1. The maximum Gasteiger partial charge on any atom is 0.472 e. The van der Waals surface area contributed by atoms with Crippen LogP contribution in [0.3, 0.4) is 0 Å². The zero-order chi connectivity index (χ0) is 46.5. The summed E-state index contributed by atoms with van der Waals surface area (Å²) in [7, 11) is -4.30. The van der Waals surface area contributed by atoms with Gasteiger partial charge in [0, 0.05) is 19.6 Å². The number of rotatable bonds is 49. The third-order valence-electron chi connectivity index (χ3n) is 10.8. The predicted molar refractivity (Wildman–Crippen MR) is 275 cm³/mol. The van der Waals surface area contributed by atoms with E-state index in [1.165, 1.54) is 109 Å². The van der Waals surface area contributed by atoms with Crippen LogP contribution >= 0.6 is 7.82 Å². The fraction of sp³-hybridized carbons (Fsp3) is 0.727. The van der Waals surface area contributed by atoms with Crippen LogP contribution in [0.2, 0.25) is 0 Å². The summed E-state index contributed by atoms with van der Waals surface area (Å²) in [6.07, 6.45) is 67.6. The monoisotopic (exact) mass is 916 g/mol. The third-order valence-corrected chi connectivity index (χ3v) is 11.8. The van der Waals surface area contributed by atoms with E-state index in [-0.39, 0.29) is 32.3 Å². The molecule has 0 heterocycles. The van der Waals surface area contributed by atoms with Crippen molar-refractivity contribution in [2.75, 3.05) is 33.0 Å². The second-order valence-corrected chi connectivity index (χ2v) is 18.5. The molecular weight excluding hydrogens is 818 g/mol. The van der Waals surface area contributed by atoms with Crippen LogP contribution < -0.4 is 5.73 Å². The number of unbranched alkanes of at least 4 members (excludes halogenated alkanes) is 22. The van der Waals surface area contributed by atoms with Gasteiger partial charge in [-0.25, -0.2) is 4.57 Å². The lowest BCUT2D eigenvalue weighted by atomic mass is 10.0. The Hall–Kier alpha value is -2.32. The topological polar surface area (TPSA) is 117 Å². The van der Waals surface area contributed by atoms with Crippen molar-refractivity contribution in [3.63, 3.8) is 0 Å². The molecular formula is C55H98NO7P. The number of esters is 1. The molecule has 0 aromatic rings. The van der Waals surface area contributed by atoms with Gasteiger partial charge in [-0.2, -0.15) is 0 Å². The van der Waals surface area contributed by atoms with E-state index in [1.807, 2.05) is 0 Å². The summed E-state index contributed by atoms with van der Waals surface area (Å²) in [5.74, 6) is -0.350. The molecule has 8 nitrogen and oxygen atoms in total. The molecule has 0 fully saturated rings. The van der Waals surface area contributed by atoms with E-state index in [0.29, 0.717) is 13.0 Å². The van der Waals surface area contributed by atoms with E-state index in [9.17, 15) is 14.3 Å². The average molecular weight is 916 g/mol. The van der Waals surface area contributed by atoms with Gasteiger partial charge in [-0.1, -0.05) is 208 Å². The Bertz CT molecular complexity index is 1260. The van der Waals surface area contributed by atoms with E-state index >= 15 is 0 Å². The molecule has 0 saturated carbocycles. The molecule has 0 aliphatic carbocycles. The van der Waals surface area contributed by atoms with Crippen LogP contribution in [0.15, 0.2) is 85.1 Å². The molecule has 0 aliphatic heterocycles. The summed E-state index contributed by atoms with van der Waals surface area (Å²) >= 11 is 0. The van der Waals surface area contributed by atoms with E-state index < -0.39 is 13.9 Å². The minimum absolute atomic E-state index is 0.0926. The number of phosphoric acid groups is 1. The van der Waals surface area contributed by atoms with Crippen LogP contribution in [-0.2, 0) is 27.9 Å². The largest absolute Gasteiger partial charge is 0.472 e. The maximum atomic E-state index is 12.7. The molecule has 2 unspecified atom stereocenters. The highest BCUT2D eigenvalue weighted by atomic mass is 31.2. The summed E-state index contributed by atoms with van der Waals surface area (Å²) in [4.78, 5) is 22.6. The number of phosphoric ester groups is 1. The van der Waals surface area contributed by atoms with Crippen molar-refractivity contribution in [3.05, 3.63) is 85.1 Å². The predicted octanol–water partition coefficient (Wildman–Crippen LogP) is 16.4. The second-order valence-electron chi connectivity index (χ2n) is 17.0. The first-order valence-corrected chi connectivity index (χ1v) is 27.6. The molecule has 0 bridgehead atoms. The fourth-order valence-electron chi connectivity index (χ4n) is 7.00. The number of nitrogens with two attached hydrogens (primary N) is 1. The molecule has 0 spiro atoms. The highest BCUT2D eigenvalue weighted by Crippen LogP contribution is 2.43. The van der Waals surface area contributed by atoms with E-state index in [2.05, 4.69) is 98.9 Å². The first-order chi connectivity index (χ1) is 31.4. The Kier molecular flexibility index (Phi) is 49.8. The molecule has 0 rings (SSSR count). The van der Waals surface area contributed by atoms with Gasteiger partial charge in [-0.3, -0.25) is 13.8 Å². The second kappa shape index (κ2) is 51.7. The van der Waals surface area contributed by atoms with E-state index in [0.717, 1.165) is 89.9 Å². The lowest BCUT2D eigenvalue weighted by Gasteiger charge is -2.20. The van der Waals surface area contributed by atoms with Crippen molar-refractivity contribution >= 4 is 13.8 Å². The summed E-state index contributed by atoms with van der Waals surface area (Å²) < 4.78 is 33.6. The van der Waals surface area contributed by atoms with Gasteiger partial charge >= 0.3 is 13.8 Å². The lowest BCUT2D eigenvalue weighted by Crippen LogP contribution is -2.28. The van der Waals surface area contributed by atoms with Crippen LogP contribution in [0.5, 0.6) is 0 Å². The Balaban J connectivity index is 3.99. The molecule has 0 aromatic heterocycles. The Labute approximate surface area is 394 Å². The molecule has 3 N–H and O–H groups in total. The van der Waals surface area contributed by atoms with Crippen molar-refractivity contribution < 1.29 is 32.8 Å². The molecule has 370 valence electrons. The minimum atomic E-state index is -4.30. The van der Waals surface area contributed by atoms with Gasteiger partial charge in [0.2, 0.25) is 0 Å². The molecule has 0 aromatic carbocycles. The number of hydrogen-bond donors (Lipinski definition) is 2. The van der Waals surface area contributed by atoms with Gasteiger partial charge in [0.15, 0.2) is 0 Å². The quantitative estimate of drug-likeness (QED) is 0.0268. The van der Waals surface area contributed by atoms with Crippen molar-refractivity contribution in [3.8, 4) is 0 Å². The molecule has 2 atom stereocenters. The van der Waals surface area contributed by atoms with E-state index in [1.54, 1.807) is 0 Å². The first-order valence-electron chi connectivity index (χ1n) is 26.1. The normalized spacial score (nSPS) is 14.0. The maximum absolute atomic E-state index is 12.7. The van der Waals surface area contributed by atoms with Crippen LogP contribution in [0.4, 0.5) is 0 Å². The number of carbonyl (C=O) groups excluding carboxylic acids is 1. The Morgan fingerprint density at radius 2 is 0.875 bits per heavy atom. The number of hydrogen-bond acceptors (Lipinski definition) is 7. The van der Waals surface area contributed by atoms with E-state index in [4.69, 9.17) is 24.3 Å². The average Bonchev–Trinajstić information content (AvgIpc) is 3.29. The first kappa shape index (κ1) is 61.7. The summed E-state index contributed by atoms with van der Waals surface area (Å²) in [6.45, 7) is 4.77. The highest BCUT2D eigenvalue weighted by molar-refractivity contribution is 7.47. The summed E-state index contributed by atoms with van der Waals surface area (Å²) in [5.41, 5.74) is 5.39. The van der Waals surface area contributed by atoms with Gasteiger partial charge in [0.25, 0.3) is 0 Å². The van der Waals surface area contributed by atoms with Gasteiger partial charge < -0.3 is 20.1 Å². The lowest BCUT2D eigenvalue weighted by molar-refractivity contribution is -0.154. The Morgan fingerprint density at radius 3 is 1.31 bits per heavy atom. The van der Waals surface area contributed by atoms with Crippen LogP contribution in [0.1, 0.15) is 219 Å². The molecule has 0 radical (unpaired) electrons. The van der Waals surface area contributed by atoms with Crippen molar-refractivity contribution in [1.29, 1.82) is 0 Å². The minimum Gasteiger partial charge on any atom is -0.457 e. The molecule has 0 aliphatic rings. The third kappa shape index (κ3) is 50.7. The summed E-state index contributed by atoms with van der Waals surface area (Å²) in [5, 5.41) is 0. The Morgan fingerprint density at radius 1 is 0.484 bits per heavy atom. The molecule has 64 heavy (non-hydrogen) atoms. The van der Waals surface area contributed by atoms with Gasteiger partial charge in [0.1, 0.15) is 6.10 Å². The zero-order valence-electron chi connectivity index (χ0n) is 41.2.